The summed E-state index contributed by atoms with van der Waals surface area (Å²) in [6, 6.07) is 8.26. The maximum atomic E-state index is 11.8. The van der Waals surface area contributed by atoms with E-state index in [4.69, 9.17) is 49.5 Å². The zero-order chi connectivity index (χ0) is 25.2. The summed E-state index contributed by atoms with van der Waals surface area (Å²) in [5.74, 6) is -1.08. The van der Waals surface area contributed by atoms with Crippen LogP contribution in [0.4, 0.5) is 0 Å². The lowest BCUT2D eigenvalue weighted by Gasteiger charge is -2.08. The lowest BCUT2D eigenvalue weighted by molar-refractivity contribution is -0.139. The van der Waals surface area contributed by atoms with E-state index in [1.165, 1.54) is 0 Å². The second kappa shape index (κ2) is 24.1. The molecule has 1 rings (SSSR count). The van der Waals surface area contributed by atoms with E-state index in [2.05, 4.69) is 0 Å². The highest BCUT2D eigenvalue weighted by atomic mass is 35.5. The van der Waals surface area contributed by atoms with Gasteiger partial charge >= 0.3 is 5.97 Å². The minimum absolute atomic E-state index is 0.00416. The van der Waals surface area contributed by atoms with E-state index in [9.17, 15) is 9.59 Å². The first-order valence-electron chi connectivity index (χ1n) is 11.6. The van der Waals surface area contributed by atoms with Crippen molar-refractivity contribution in [3.8, 4) is 0 Å². The second-order valence-electron chi connectivity index (χ2n) is 6.81. The molecule has 0 heterocycles. The molecule has 10 nitrogen and oxygen atoms in total. The van der Waals surface area contributed by atoms with Crippen LogP contribution in [-0.2, 0) is 42.7 Å². The molecule has 0 saturated heterocycles. The number of benzene rings is 1. The van der Waals surface area contributed by atoms with Gasteiger partial charge < -0.3 is 37.9 Å². The average Bonchev–Trinajstić information content (AvgIpc) is 2.89. The summed E-state index contributed by atoms with van der Waals surface area (Å²) in [6.07, 6.45) is 0. The zero-order valence-corrected chi connectivity index (χ0v) is 20.9. The van der Waals surface area contributed by atoms with Crippen molar-refractivity contribution in [2.24, 2.45) is 0 Å². The van der Waals surface area contributed by atoms with Crippen molar-refractivity contribution in [2.45, 2.75) is 0 Å². The van der Waals surface area contributed by atoms with Crippen molar-refractivity contribution in [3.63, 3.8) is 0 Å². The largest absolute Gasteiger partial charge is 0.457 e. The number of carbonyl (C=O) groups is 2. The van der Waals surface area contributed by atoms with Gasteiger partial charge in [-0.05, 0) is 0 Å². The fourth-order valence-corrected chi connectivity index (χ4v) is 2.55. The Morgan fingerprint density at radius 3 is 1.23 bits per heavy atom. The maximum absolute atomic E-state index is 11.8. The van der Waals surface area contributed by atoms with Gasteiger partial charge in [-0.1, -0.05) is 30.3 Å². The molecule has 200 valence electrons. The molecule has 0 spiro atoms. The molecule has 0 fully saturated rings. The van der Waals surface area contributed by atoms with Gasteiger partial charge in [0, 0.05) is 11.4 Å². The van der Waals surface area contributed by atoms with E-state index in [-0.39, 0.29) is 13.2 Å². The Labute approximate surface area is 212 Å². The SMILES string of the molecule is O=C(OCCOCCOCCOCCOCCOCCOCCOCCCl)C(=O)c1ccccc1. The molecule has 1 aromatic carbocycles. The van der Waals surface area contributed by atoms with Crippen LogP contribution in [0.5, 0.6) is 0 Å². The normalized spacial score (nSPS) is 11.0. The Kier molecular flexibility index (Phi) is 21.6. The molecule has 0 atom stereocenters. The summed E-state index contributed by atoms with van der Waals surface area (Å²) in [5.41, 5.74) is 0.299. The number of halogens is 1. The van der Waals surface area contributed by atoms with Crippen LogP contribution >= 0.6 is 11.6 Å². The number of esters is 1. The third-order valence-corrected chi connectivity index (χ3v) is 4.29. The number of hydrogen-bond acceptors (Lipinski definition) is 10. The van der Waals surface area contributed by atoms with Gasteiger partial charge in [-0.3, -0.25) is 4.79 Å². The molecule has 0 aliphatic heterocycles. The number of rotatable bonds is 25. The summed E-state index contributed by atoms with van der Waals surface area (Å²) in [4.78, 5) is 23.5. The number of ketones is 1. The van der Waals surface area contributed by atoms with Crippen LogP contribution in [0.25, 0.3) is 0 Å². The van der Waals surface area contributed by atoms with Crippen molar-refractivity contribution in [1.29, 1.82) is 0 Å². The van der Waals surface area contributed by atoms with E-state index in [0.29, 0.717) is 97.3 Å². The van der Waals surface area contributed by atoms with Gasteiger partial charge in [-0.25, -0.2) is 4.79 Å². The first kappa shape index (κ1) is 31.4. The van der Waals surface area contributed by atoms with Gasteiger partial charge in [0.15, 0.2) is 0 Å². The number of hydrogen-bond donors (Lipinski definition) is 0. The highest BCUT2D eigenvalue weighted by molar-refractivity contribution is 6.40. The van der Waals surface area contributed by atoms with E-state index >= 15 is 0 Å². The Morgan fingerprint density at radius 2 is 0.857 bits per heavy atom. The summed E-state index contributed by atoms with van der Waals surface area (Å²) in [6.45, 7) is 6.37. The van der Waals surface area contributed by atoms with Crippen molar-refractivity contribution in [2.75, 3.05) is 105 Å². The summed E-state index contributed by atoms with van der Waals surface area (Å²) >= 11 is 5.49. The third kappa shape index (κ3) is 19.3. The molecule has 1 aromatic rings. The lowest BCUT2D eigenvalue weighted by atomic mass is 10.1. The molecule has 0 bridgehead atoms. The Balaban J connectivity index is 1.73. The number of ether oxygens (including phenoxy) is 8. The second-order valence-corrected chi connectivity index (χ2v) is 7.18. The molecule has 0 unspecified atom stereocenters. The van der Waals surface area contributed by atoms with Crippen LogP contribution in [0, 0.1) is 0 Å². The van der Waals surface area contributed by atoms with E-state index in [0.717, 1.165) is 0 Å². The van der Waals surface area contributed by atoms with E-state index < -0.39 is 11.8 Å². The van der Waals surface area contributed by atoms with Crippen LogP contribution in [-0.4, -0.2) is 117 Å². The zero-order valence-electron chi connectivity index (χ0n) is 20.2. The van der Waals surface area contributed by atoms with Gasteiger partial charge in [-0.2, -0.15) is 0 Å². The van der Waals surface area contributed by atoms with Gasteiger partial charge in [0.05, 0.1) is 92.5 Å². The molecule has 0 aliphatic carbocycles. The van der Waals surface area contributed by atoms with Crippen molar-refractivity contribution >= 4 is 23.4 Å². The summed E-state index contributed by atoms with van der Waals surface area (Å²) < 4.78 is 42.3. The quantitative estimate of drug-likeness (QED) is 0.0622. The maximum Gasteiger partial charge on any atom is 0.379 e. The van der Waals surface area contributed by atoms with Gasteiger partial charge in [0.1, 0.15) is 6.61 Å². The Morgan fingerprint density at radius 1 is 0.514 bits per heavy atom. The van der Waals surface area contributed by atoms with E-state index in [1.807, 2.05) is 0 Å². The molecule has 0 aromatic heterocycles. The van der Waals surface area contributed by atoms with E-state index in [1.54, 1.807) is 30.3 Å². The van der Waals surface area contributed by atoms with Gasteiger partial charge in [-0.15, -0.1) is 11.6 Å². The predicted molar refractivity (Wildman–Crippen MR) is 128 cm³/mol. The molecular weight excluding hydrogens is 484 g/mol. The number of Topliss-reactive ketones (excluding diaryl/α,β-unsaturated/α-hetero) is 1. The molecule has 0 amide bonds. The van der Waals surface area contributed by atoms with Crippen LogP contribution in [0.15, 0.2) is 30.3 Å². The standard InChI is InChI=1S/C24H37ClO10/c25-6-7-28-8-9-29-10-11-30-12-13-31-14-15-32-16-17-33-18-19-34-20-21-35-24(27)23(26)22-4-2-1-3-5-22/h1-5H,6-21H2. The number of carbonyl (C=O) groups excluding carboxylic acids is 2. The highest BCUT2D eigenvalue weighted by Crippen LogP contribution is 2.01. The molecule has 35 heavy (non-hydrogen) atoms. The minimum Gasteiger partial charge on any atom is -0.457 e. The van der Waals surface area contributed by atoms with Crippen LogP contribution < -0.4 is 0 Å². The first-order chi connectivity index (χ1) is 17.3. The molecule has 0 N–H and O–H groups in total. The molecule has 11 heteroatoms. The Hall–Kier alpha value is -1.63. The van der Waals surface area contributed by atoms with Gasteiger partial charge in [0.25, 0.3) is 5.78 Å². The third-order valence-electron chi connectivity index (χ3n) is 4.14. The average molecular weight is 521 g/mol. The fraction of sp³-hybridized carbons (Fsp3) is 0.667. The smallest absolute Gasteiger partial charge is 0.379 e. The lowest BCUT2D eigenvalue weighted by Crippen LogP contribution is -2.20. The van der Waals surface area contributed by atoms with Crippen LogP contribution in [0.3, 0.4) is 0 Å². The highest BCUT2D eigenvalue weighted by Gasteiger charge is 2.16. The van der Waals surface area contributed by atoms with Crippen molar-refractivity contribution in [1.82, 2.24) is 0 Å². The predicted octanol–water partition coefficient (Wildman–Crippen LogP) is 1.77. The summed E-state index contributed by atoms with van der Waals surface area (Å²) in [5, 5.41) is 0. The van der Waals surface area contributed by atoms with Crippen molar-refractivity contribution in [3.05, 3.63) is 35.9 Å². The molecule has 0 saturated carbocycles. The first-order valence-corrected chi connectivity index (χ1v) is 12.2. The minimum atomic E-state index is -0.893. The monoisotopic (exact) mass is 520 g/mol. The molecule has 0 aliphatic rings. The summed E-state index contributed by atoms with van der Waals surface area (Å²) in [7, 11) is 0. The molecule has 0 radical (unpaired) electrons. The number of alkyl halides is 1. The Bertz CT molecular complexity index is 632. The topological polar surface area (TPSA) is 108 Å². The van der Waals surface area contributed by atoms with Crippen molar-refractivity contribution < 1.29 is 47.5 Å². The fourth-order valence-electron chi connectivity index (χ4n) is 2.44. The van der Waals surface area contributed by atoms with Gasteiger partial charge in [0.2, 0.25) is 0 Å². The van der Waals surface area contributed by atoms with Crippen LogP contribution in [0.2, 0.25) is 0 Å². The molecular formula is C24H37ClO10. The van der Waals surface area contributed by atoms with Crippen LogP contribution in [0.1, 0.15) is 10.4 Å².